The summed E-state index contributed by atoms with van der Waals surface area (Å²) in [6, 6.07) is 0. The number of hydrogen-bond donors (Lipinski definition) is 1. The van der Waals surface area contributed by atoms with Gasteiger partial charge in [0, 0.05) is 5.54 Å². The summed E-state index contributed by atoms with van der Waals surface area (Å²) in [6.07, 6.45) is 14.9. The van der Waals surface area contributed by atoms with Crippen LogP contribution in [0.5, 0.6) is 0 Å². The van der Waals surface area contributed by atoms with Crippen molar-refractivity contribution in [3.8, 4) is 0 Å². The lowest BCUT2D eigenvalue weighted by Crippen LogP contribution is -2.42. The first-order chi connectivity index (χ1) is 9.98. The minimum Gasteiger partial charge on any atom is -0.312 e. The van der Waals surface area contributed by atoms with Gasteiger partial charge in [0.2, 0.25) is 0 Å². The fourth-order valence-corrected chi connectivity index (χ4v) is 4.64. The summed E-state index contributed by atoms with van der Waals surface area (Å²) in [7, 11) is 0. The average Bonchev–Trinajstić information content (AvgIpc) is 2.46. The van der Waals surface area contributed by atoms with Crippen molar-refractivity contribution >= 4 is 0 Å². The summed E-state index contributed by atoms with van der Waals surface area (Å²) < 4.78 is 0. The molecule has 2 saturated carbocycles. The molecule has 0 spiro atoms. The van der Waals surface area contributed by atoms with Gasteiger partial charge in [-0.1, -0.05) is 51.9 Å². The lowest BCUT2D eigenvalue weighted by atomic mass is 9.68. The van der Waals surface area contributed by atoms with Gasteiger partial charge in [-0.05, 0) is 70.3 Å². The van der Waals surface area contributed by atoms with E-state index in [9.17, 15) is 0 Å². The smallest absolute Gasteiger partial charge is 0.00966 e. The van der Waals surface area contributed by atoms with Gasteiger partial charge in [-0.25, -0.2) is 0 Å². The molecule has 0 radical (unpaired) electrons. The monoisotopic (exact) mass is 293 g/mol. The molecular weight excluding hydrogens is 254 g/mol. The van der Waals surface area contributed by atoms with Crippen LogP contribution >= 0.6 is 0 Å². The number of rotatable bonds is 5. The van der Waals surface area contributed by atoms with Gasteiger partial charge >= 0.3 is 0 Å². The zero-order valence-corrected chi connectivity index (χ0v) is 15.1. The molecule has 3 unspecified atom stereocenters. The van der Waals surface area contributed by atoms with E-state index in [4.69, 9.17) is 0 Å². The molecular formula is C20H39N. The zero-order chi connectivity index (χ0) is 15.3. The third kappa shape index (κ3) is 5.93. The predicted octanol–water partition coefficient (Wildman–Crippen LogP) is 5.79. The molecule has 1 N–H and O–H groups in total. The standard InChI is InChI=1S/C20H39N/c1-5-16-11-12-18(15-21-20(2,3)4)19(13-16)14-17-9-7-6-8-10-17/h16-19,21H,5-15H2,1-4H3. The molecule has 0 bridgehead atoms. The van der Waals surface area contributed by atoms with Crippen molar-refractivity contribution in [1.82, 2.24) is 5.32 Å². The van der Waals surface area contributed by atoms with E-state index in [2.05, 4.69) is 33.0 Å². The summed E-state index contributed by atoms with van der Waals surface area (Å²) in [6.45, 7) is 10.6. The third-order valence-electron chi connectivity index (χ3n) is 6.08. The van der Waals surface area contributed by atoms with Crippen LogP contribution in [0.15, 0.2) is 0 Å². The highest BCUT2D eigenvalue weighted by Crippen LogP contribution is 2.41. The molecule has 124 valence electrons. The molecule has 0 aromatic rings. The Hall–Kier alpha value is -0.0400. The molecule has 2 aliphatic carbocycles. The highest BCUT2D eigenvalue weighted by Gasteiger charge is 2.32. The topological polar surface area (TPSA) is 12.0 Å². The van der Waals surface area contributed by atoms with Crippen molar-refractivity contribution in [3.05, 3.63) is 0 Å². The van der Waals surface area contributed by atoms with E-state index < -0.39 is 0 Å². The minimum atomic E-state index is 0.275. The normalized spacial score (nSPS) is 32.3. The van der Waals surface area contributed by atoms with Crippen LogP contribution in [-0.4, -0.2) is 12.1 Å². The van der Waals surface area contributed by atoms with E-state index in [-0.39, 0.29) is 5.54 Å². The maximum Gasteiger partial charge on any atom is 0.00966 e. The molecule has 3 atom stereocenters. The van der Waals surface area contributed by atoms with Crippen LogP contribution in [0.25, 0.3) is 0 Å². The fourth-order valence-electron chi connectivity index (χ4n) is 4.64. The first kappa shape index (κ1) is 17.3. The van der Waals surface area contributed by atoms with Crippen LogP contribution in [0.2, 0.25) is 0 Å². The van der Waals surface area contributed by atoms with E-state index in [0.717, 1.165) is 23.7 Å². The fraction of sp³-hybridized carbons (Fsp3) is 1.00. The lowest BCUT2D eigenvalue weighted by molar-refractivity contribution is 0.128. The molecule has 1 heteroatoms. The quantitative estimate of drug-likeness (QED) is 0.676. The summed E-state index contributed by atoms with van der Waals surface area (Å²) in [5, 5.41) is 3.79. The zero-order valence-electron chi connectivity index (χ0n) is 15.1. The average molecular weight is 294 g/mol. The van der Waals surface area contributed by atoms with Crippen molar-refractivity contribution in [2.75, 3.05) is 6.54 Å². The molecule has 2 rings (SSSR count). The number of hydrogen-bond acceptors (Lipinski definition) is 1. The Bertz CT molecular complexity index is 285. The van der Waals surface area contributed by atoms with Crippen molar-refractivity contribution in [2.45, 2.75) is 97.4 Å². The van der Waals surface area contributed by atoms with Gasteiger partial charge in [0.25, 0.3) is 0 Å². The maximum atomic E-state index is 3.79. The van der Waals surface area contributed by atoms with E-state index in [1.54, 1.807) is 0 Å². The molecule has 0 amide bonds. The molecule has 0 aromatic heterocycles. The molecule has 0 heterocycles. The van der Waals surface area contributed by atoms with Gasteiger partial charge in [-0.15, -0.1) is 0 Å². The van der Waals surface area contributed by atoms with Crippen LogP contribution in [0, 0.1) is 23.7 Å². The van der Waals surface area contributed by atoms with Gasteiger partial charge in [-0.2, -0.15) is 0 Å². The second kappa shape index (κ2) is 7.99. The minimum absolute atomic E-state index is 0.275. The van der Waals surface area contributed by atoms with Gasteiger partial charge in [0.15, 0.2) is 0 Å². The molecule has 2 fully saturated rings. The first-order valence-corrected chi connectivity index (χ1v) is 9.73. The Morgan fingerprint density at radius 3 is 2.19 bits per heavy atom. The van der Waals surface area contributed by atoms with Gasteiger partial charge in [0.1, 0.15) is 0 Å². The van der Waals surface area contributed by atoms with Crippen LogP contribution in [0.4, 0.5) is 0 Å². The summed E-state index contributed by atoms with van der Waals surface area (Å²) in [5.41, 5.74) is 0.275. The van der Waals surface area contributed by atoms with E-state index in [1.165, 1.54) is 70.8 Å². The van der Waals surface area contributed by atoms with Crippen molar-refractivity contribution in [1.29, 1.82) is 0 Å². The highest BCUT2D eigenvalue weighted by atomic mass is 14.9. The second-order valence-corrected chi connectivity index (χ2v) is 8.98. The van der Waals surface area contributed by atoms with E-state index >= 15 is 0 Å². The van der Waals surface area contributed by atoms with Crippen LogP contribution in [-0.2, 0) is 0 Å². The summed E-state index contributed by atoms with van der Waals surface area (Å²) in [5.74, 6) is 4.01. The Morgan fingerprint density at radius 1 is 0.857 bits per heavy atom. The SMILES string of the molecule is CCC1CCC(CNC(C)(C)C)C(CC2CCCCC2)C1. The summed E-state index contributed by atoms with van der Waals surface area (Å²) >= 11 is 0. The third-order valence-corrected chi connectivity index (χ3v) is 6.08. The van der Waals surface area contributed by atoms with Gasteiger partial charge in [-0.3, -0.25) is 0 Å². The summed E-state index contributed by atoms with van der Waals surface area (Å²) in [4.78, 5) is 0. The Balaban J connectivity index is 1.89. The second-order valence-electron chi connectivity index (χ2n) is 8.98. The van der Waals surface area contributed by atoms with Crippen molar-refractivity contribution in [2.24, 2.45) is 23.7 Å². The molecule has 0 saturated heterocycles. The molecule has 21 heavy (non-hydrogen) atoms. The number of nitrogens with one attached hydrogen (secondary N) is 1. The van der Waals surface area contributed by atoms with Crippen LogP contribution < -0.4 is 5.32 Å². The Kier molecular flexibility index (Phi) is 6.59. The molecule has 1 nitrogen and oxygen atoms in total. The largest absolute Gasteiger partial charge is 0.312 e. The molecule has 0 aromatic carbocycles. The van der Waals surface area contributed by atoms with E-state index in [0.29, 0.717) is 0 Å². The van der Waals surface area contributed by atoms with E-state index in [1.807, 2.05) is 0 Å². The van der Waals surface area contributed by atoms with Gasteiger partial charge < -0.3 is 5.32 Å². The first-order valence-electron chi connectivity index (χ1n) is 9.73. The highest BCUT2D eigenvalue weighted by molar-refractivity contribution is 4.85. The maximum absolute atomic E-state index is 3.79. The van der Waals surface area contributed by atoms with Crippen LogP contribution in [0.3, 0.4) is 0 Å². The molecule has 2 aliphatic rings. The van der Waals surface area contributed by atoms with Crippen LogP contribution in [0.1, 0.15) is 91.9 Å². The Morgan fingerprint density at radius 2 is 1.57 bits per heavy atom. The Labute approximate surface area is 133 Å². The van der Waals surface area contributed by atoms with Crippen molar-refractivity contribution < 1.29 is 0 Å². The lowest BCUT2D eigenvalue weighted by Gasteiger charge is -2.40. The molecule has 0 aliphatic heterocycles. The van der Waals surface area contributed by atoms with Gasteiger partial charge in [0.05, 0.1) is 0 Å². The predicted molar refractivity (Wildman–Crippen MR) is 93.6 cm³/mol. The van der Waals surface area contributed by atoms with Crippen molar-refractivity contribution in [3.63, 3.8) is 0 Å².